The average Bonchev–Trinajstić information content (AvgIpc) is 2.89. The molecule has 20 heavy (non-hydrogen) atoms. The number of rotatable bonds is 3. The molecule has 1 atom stereocenters. The van der Waals surface area contributed by atoms with Crippen molar-refractivity contribution in [2.24, 2.45) is 5.92 Å². The van der Waals surface area contributed by atoms with Crippen molar-refractivity contribution in [1.82, 2.24) is 9.97 Å². The molecule has 0 aromatic carbocycles. The second-order valence-corrected chi connectivity index (χ2v) is 6.92. The minimum absolute atomic E-state index is 0.371. The van der Waals surface area contributed by atoms with Gasteiger partial charge in [0.15, 0.2) is 0 Å². The lowest BCUT2D eigenvalue weighted by Crippen LogP contribution is -2.35. The normalized spacial score (nSPS) is 19.8. The van der Waals surface area contributed by atoms with Crippen LogP contribution in [0.3, 0.4) is 0 Å². The Kier molecular flexibility index (Phi) is 4.13. The quantitative estimate of drug-likeness (QED) is 0.780. The lowest BCUT2D eigenvalue weighted by atomic mass is 9.95. The fraction of sp³-hybridized carbons (Fsp3) is 0.600. The van der Waals surface area contributed by atoms with E-state index in [0.29, 0.717) is 5.28 Å². The molecule has 0 radical (unpaired) electrons. The molecule has 0 bridgehead atoms. The van der Waals surface area contributed by atoms with Crippen LogP contribution in [-0.4, -0.2) is 23.1 Å². The van der Waals surface area contributed by atoms with Gasteiger partial charge in [-0.05, 0) is 42.8 Å². The maximum Gasteiger partial charge on any atom is 0.225 e. The molecule has 1 aliphatic heterocycles. The van der Waals surface area contributed by atoms with Crippen molar-refractivity contribution in [3.05, 3.63) is 16.2 Å². The smallest absolute Gasteiger partial charge is 0.225 e. The third kappa shape index (κ3) is 2.63. The van der Waals surface area contributed by atoms with E-state index < -0.39 is 0 Å². The Morgan fingerprint density at radius 3 is 3.00 bits per heavy atom. The highest BCUT2D eigenvalue weighted by Crippen LogP contribution is 2.34. The Bertz CT molecular complexity index is 610. The third-order valence-electron chi connectivity index (χ3n) is 4.14. The van der Waals surface area contributed by atoms with Crippen molar-refractivity contribution in [2.75, 3.05) is 18.0 Å². The minimum atomic E-state index is 0.371. The van der Waals surface area contributed by atoms with Gasteiger partial charge in [-0.3, -0.25) is 0 Å². The van der Waals surface area contributed by atoms with Gasteiger partial charge in [0.25, 0.3) is 0 Å². The first-order valence-corrected chi connectivity index (χ1v) is 8.61. The molecule has 2 aromatic rings. The largest absolute Gasteiger partial charge is 0.356 e. The molecule has 3 heterocycles. The second-order valence-electron chi connectivity index (χ2n) is 5.46. The van der Waals surface area contributed by atoms with Crippen LogP contribution in [0.15, 0.2) is 6.07 Å². The Labute approximate surface area is 129 Å². The molecular formula is C15H20ClN3S. The number of aryl methyl sites for hydroxylation is 1. The molecule has 0 amide bonds. The summed E-state index contributed by atoms with van der Waals surface area (Å²) in [6.07, 6.45) is 4.85. The lowest BCUT2D eigenvalue weighted by molar-refractivity contribution is 0.403. The zero-order chi connectivity index (χ0) is 14.1. The number of hydrogen-bond donors (Lipinski definition) is 0. The number of hydrogen-bond acceptors (Lipinski definition) is 4. The molecule has 1 saturated heterocycles. The third-order valence-corrected chi connectivity index (χ3v) is 5.48. The highest BCUT2D eigenvalue weighted by molar-refractivity contribution is 7.18. The van der Waals surface area contributed by atoms with Crippen LogP contribution in [0.2, 0.25) is 5.28 Å². The van der Waals surface area contributed by atoms with E-state index in [2.05, 4.69) is 34.8 Å². The summed E-state index contributed by atoms with van der Waals surface area (Å²) in [7, 11) is 0. The number of anilines is 1. The Balaban J connectivity index is 2.03. The number of halogens is 1. The van der Waals surface area contributed by atoms with Gasteiger partial charge < -0.3 is 4.90 Å². The summed E-state index contributed by atoms with van der Waals surface area (Å²) < 4.78 is 0. The molecular weight excluding hydrogens is 290 g/mol. The van der Waals surface area contributed by atoms with Crippen LogP contribution >= 0.6 is 22.9 Å². The van der Waals surface area contributed by atoms with E-state index in [-0.39, 0.29) is 0 Å². The number of thiophene rings is 1. The van der Waals surface area contributed by atoms with E-state index in [0.717, 1.165) is 36.1 Å². The minimum Gasteiger partial charge on any atom is -0.356 e. The SMILES string of the molecule is CCc1cc2c(N3CCCC(CC)C3)nc(Cl)nc2s1. The molecule has 3 rings (SSSR count). The van der Waals surface area contributed by atoms with Crippen molar-refractivity contribution in [1.29, 1.82) is 0 Å². The average molecular weight is 310 g/mol. The Hall–Kier alpha value is -0.870. The topological polar surface area (TPSA) is 29.0 Å². The predicted octanol–water partition coefficient (Wildman–Crippen LogP) is 4.53. The Morgan fingerprint density at radius 1 is 1.40 bits per heavy atom. The van der Waals surface area contributed by atoms with Crippen molar-refractivity contribution < 1.29 is 0 Å². The number of nitrogens with zero attached hydrogens (tertiary/aromatic N) is 3. The lowest BCUT2D eigenvalue weighted by Gasteiger charge is -2.33. The van der Waals surface area contributed by atoms with E-state index in [1.54, 1.807) is 11.3 Å². The summed E-state index contributed by atoms with van der Waals surface area (Å²) in [5.74, 6) is 1.81. The molecule has 108 valence electrons. The summed E-state index contributed by atoms with van der Waals surface area (Å²) in [4.78, 5) is 13.7. The zero-order valence-electron chi connectivity index (χ0n) is 12.0. The maximum atomic E-state index is 6.12. The van der Waals surface area contributed by atoms with E-state index >= 15 is 0 Å². The van der Waals surface area contributed by atoms with Crippen LogP contribution in [0, 0.1) is 5.92 Å². The van der Waals surface area contributed by atoms with Gasteiger partial charge in [0.2, 0.25) is 5.28 Å². The molecule has 3 nitrogen and oxygen atoms in total. The predicted molar refractivity (Wildman–Crippen MR) is 87.0 cm³/mol. The second kappa shape index (κ2) is 5.86. The molecule has 5 heteroatoms. The summed E-state index contributed by atoms with van der Waals surface area (Å²) >= 11 is 7.86. The first-order chi connectivity index (χ1) is 9.71. The van der Waals surface area contributed by atoms with Gasteiger partial charge in [-0.1, -0.05) is 20.3 Å². The van der Waals surface area contributed by atoms with E-state index in [1.807, 2.05) is 0 Å². The first kappa shape index (κ1) is 14.1. The standard InChI is InChI=1S/C15H20ClN3S/c1-3-10-6-5-7-19(9-10)13-12-8-11(4-2)20-14(12)18-15(16)17-13/h8,10H,3-7,9H2,1-2H3. The van der Waals surface area contributed by atoms with Gasteiger partial charge in [0.1, 0.15) is 10.6 Å². The molecule has 0 spiro atoms. The maximum absolute atomic E-state index is 6.12. The van der Waals surface area contributed by atoms with E-state index in [9.17, 15) is 0 Å². The van der Waals surface area contributed by atoms with Gasteiger partial charge in [-0.2, -0.15) is 4.98 Å². The van der Waals surface area contributed by atoms with Crippen molar-refractivity contribution >= 4 is 39.0 Å². The molecule has 1 aliphatic rings. The van der Waals surface area contributed by atoms with E-state index in [4.69, 9.17) is 11.6 Å². The summed E-state index contributed by atoms with van der Waals surface area (Å²) in [5, 5.41) is 1.55. The Morgan fingerprint density at radius 2 is 2.25 bits per heavy atom. The van der Waals surface area contributed by atoms with E-state index in [1.165, 1.54) is 29.5 Å². The van der Waals surface area contributed by atoms with Gasteiger partial charge >= 0.3 is 0 Å². The van der Waals surface area contributed by atoms with Gasteiger partial charge in [-0.15, -0.1) is 11.3 Å². The number of piperidine rings is 1. The summed E-state index contributed by atoms with van der Waals surface area (Å²) in [6, 6.07) is 2.24. The fourth-order valence-corrected chi connectivity index (χ4v) is 4.11. The van der Waals surface area contributed by atoms with Gasteiger partial charge in [0, 0.05) is 18.0 Å². The van der Waals surface area contributed by atoms with Crippen LogP contribution in [0.5, 0.6) is 0 Å². The van der Waals surface area contributed by atoms with Crippen LogP contribution in [-0.2, 0) is 6.42 Å². The molecule has 0 saturated carbocycles. The molecule has 1 fully saturated rings. The summed E-state index contributed by atoms with van der Waals surface area (Å²) in [6.45, 7) is 6.62. The highest BCUT2D eigenvalue weighted by atomic mass is 35.5. The van der Waals surface area contributed by atoms with Crippen LogP contribution in [0.25, 0.3) is 10.2 Å². The monoisotopic (exact) mass is 309 g/mol. The van der Waals surface area contributed by atoms with Crippen molar-refractivity contribution in [3.8, 4) is 0 Å². The summed E-state index contributed by atoms with van der Waals surface area (Å²) in [5.41, 5.74) is 0. The van der Waals surface area contributed by atoms with Crippen molar-refractivity contribution in [2.45, 2.75) is 39.5 Å². The van der Waals surface area contributed by atoms with Crippen molar-refractivity contribution in [3.63, 3.8) is 0 Å². The highest BCUT2D eigenvalue weighted by Gasteiger charge is 2.22. The zero-order valence-corrected chi connectivity index (χ0v) is 13.6. The van der Waals surface area contributed by atoms with Gasteiger partial charge in [-0.25, -0.2) is 4.98 Å². The molecule has 1 unspecified atom stereocenters. The van der Waals surface area contributed by atoms with Crippen LogP contribution in [0.1, 0.15) is 38.0 Å². The van der Waals surface area contributed by atoms with Gasteiger partial charge in [0.05, 0.1) is 5.39 Å². The fourth-order valence-electron chi connectivity index (χ4n) is 2.94. The first-order valence-electron chi connectivity index (χ1n) is 7.42. The number of aromatic nitrogens is 2. The molecule has 2 aromatic heterocycles. The van der Waals surface area contributed by atoms with Crippen LogP contribution < -0.4 is 4.90 Å². The van der Waals surface area contributed by atoms with Crippen LogP contribution in [0.4, 0.5) is 5.82 Å². The number of fused-ring (bicyclic) bond motifs is 1. The molecule has 0 N–H and O–H groups in total. The molecule has 0 aliphatic carbocycles.